The van der Waals surface area contributed by atoms with Crippen molar-refractivity contribution in [2.75, 3.05) is 0 Å². The van der Waals surface area contributed by atoms with Crippen molar-refractivity contribution in [3.8, 4) is 28.7 Å². The molecule has 4 rings (SSSR count). The zero-order valence-electron chi connectivity index (χ0n) is 16.2. The lowest BCUT2D eigenvalue weighted by Crippen LogP contribution is -2.38. The molecule has 2 aromatic heterocycles. The largest absolute Gasteiger partial charge is 0.494 e. The number of nitrogens with zero attached hydrogens (tertiary/aromatic N) is 5. The first-order chi connectivity index (χ1) is 14.5. The fourth-order valence-corrected chi connectivity index (χ4v) is 2.88. The summed E-state index contributed by atoms with van der Waals surface area (Å²) in [5.74, 6) is 0.345. The van der Waals surface area contributed by atoms with Crippen molar-refractivity contribution in [1.82, 2.24) is 19.3 Å². The van der Waals surface area contributed by atoms with E-state index in [-0.39, 0.29) is 5.56 Å². The van der Waals surface area contributed by atoms with Crippen LogP contribution in [0.3, 0.4) is 0 Å². The van der Waals surface area contributed by atoms with E-state index in [9.17, 15) is 14.7 Å². The molecule has 9 nitrogen and oxygen atoms in total. The van der Waals surface area contributed by atoms with Gasteiger partial charge in [-0.3, -0.25) is 18.9 Å². The molecule has 0 amide bonds. The van der Waals surface area contributed by atoms with Crippen LogP contribution in [0, 0.1) is 0 Å². The van der Waals surface area contributed by atoms with E-state index in [0.717, 1.165) is 14.7 Å². The minimum Gasteiger partial charge on any atom is -0.494 e. The highest BCUT2D eigenvalue weighted by Crippen LogP contribution is 2.25. The maximum atomic E-state index is 12.3. The third-order valence-corrected chi connectivity index (χ3v) is 4.56. The van der Waals surface area contributed by atoms with E-state index in [1.807, 2.05) is 30.3 Å². The van der Waals surface area contributed by atoms with Gasteiger partial charge in [-0.2, -0.15) is 4.98 Å². The molecule has 2 aromatic carbocycles. The second kappa shape index (κ2) is 7.63. The summed E-state index contributed by atoms with van der Waals surface area (Å²) < 4.78 is 7.24. The summed E-state index contributed by atoms with van der Waals surface area (Å²) in [6.07, 6.45) is 1.22. The zero-order chi connectivity index (χ0) is 21.3. The van der Waals surface area contributed by atoms with Crippen molar-refractivity contribution in [3.63, 3.8) is 0 Å². The molecule has 1 N–H and O–H groups in total. The first kappa shape index (κ1) is 19.1. The summed E-state index contributed by atoms with van der Waals surface area (Å²) in [6, 6.07) is 16.4. The van der Waals surface area contributed by atoms with Crippen LogP contribution in [0.15, 0.2) is 73.7 Å². The van der Waals surface area contributed by atoms with Crippen LogP contribution in [-0.4, -0.2) is 30.6 Å². The van der Waals surface area contributed by atoms with Gasteiger partial charge in [0.05, 0.1) is 5.69 Å². The number of aromatic nitrogens is 4. The van der Waals surface area contributed by atoms with Crippen LogP contribution < -0.4 is 11.2 Å². The quantitative estimate of drug-likeness (QED) is 0.523. The average Bonchev–Trinajstić information content (AvgIpc) is 3.28. The molecule has 0 spiro atoms. The molecule has 9 heteroatoms. The molecule has 0 aliphatic heterocycles. The first-order valence-corrected chi connectivity index (χ1v) is 8.98. The Balaban J connectivity index is 1.67. The summed E-state index contributed by atoms with van der Waals surface area (Å²) >= 11 is 0. The fourth-order valence-electron chi connectivity index (χ4n) is 2.88. The summed E-state index contributed by atoms with van der Waals surface area (Å²) in [4.78, 5) is 32.8. The molecular formula is C21H17N5O4. The van der Waals surface area contributed by atoms with Gasteiger partial charge in [-0.05, 0) is 18.2 Å². The summed E-state index contributed by atoms with van der Waals surface area (Å²) in [7, 11) is 2.71. The second-order valence-corrected chi connectivity index (χ2v) is 6.54. The molecule has 2 heterocycles. The third kappa shape index (κ3) is 3.44. The Hall–Kier alpha value is -4.27. The average molecular weight is 403 g/mol. The van der Waals surface area contributed by atoms with Gasteiger partial charge in [-0.15, -0.1) is 0 Å². The zero-order valence-corrected chi connectivity index (χ0v) is 16.2. The number of benzene rings is 2. The SMILES string of the molecule is Cn1c(O)c(C=Nc2cccc(-c3nc(-c4ccccc4)no3)c2)c(=O)n(C)c1=O. The highest BCUT2D eigenvalue weighted by molar-refractivity contribution is 5.84. The second-order valence-electron chi connectivity index (χ2n) is 6.54. The normalized spacial score (nSPS) is 11.3. The van der Waals surface area contributed by atoms with E-state index < -0.39 is 17.1 Å². The topological polar surface area (TPSA) is 116 Å². The number of rotatable bonds is 4. The van der Waals surface area contributed by atoms with Crippen LogP contribution >= 0.6 is 0 Å². The predicted octanol–water partition coefficient (Wildman–Crippen LogP) is 2.26. The number of aromatic hydroxyl groups is 1. The Morgan fingerprint density at radius 2 is 1.73 bits per heavy atom. The van der Waals surface area contributed by atoms with E-state index in [4.69, 9.17) is 4.52 Å². The van der Waals surface area contributed by atoms with Crippen LogP contribution in [0.1, 0.15) is 5.56 Å². The summed E-state index contributed by atoms with van der Waals surface area (Å²) in [6.45, 7) is 0. The molecule has 0 aliphatic carbocycles. The van der Waals surface area contributed by atoms with Crippen LogP contribution in [0.2, 0.25) is 0 Å². The maximum absolute atomic E-state index is 12.3. The highest BCUT2D eigenvalue weighted by Gasteiger charge is 2.13. The van der Waals surface area contributed by atoms with Gasteiger partial charge in [0.2, 0.25) is 11.7 Å². The van der Waals surface area contributed by atoms with Gasteiger partial charge in [0.15, 0.2) is 0 Å². The minimum absolute atomic E-state index is 0.0887. The minimum atomic E-state index is -0.639. The molecule has 0 aliphatic rings. The van der Waals surface area contributed by atoms with Crippen LogP contribution in [0.5, 0.6) is 5.88 Å². The van der Waals surface area contributed by atoms with Gasteiger partial charge in [0, 0.05) is 31.4 Å². The number of aliphatic imine (C=N–C) groups is 1. The molecular weight excluding hydrogens is 386 g/mol. The van der Waals surface area contributed by atoms with Gasteiger partial charge in [0.25, 0.3) is 11.4 Å². The molecule has 30 heavy (non-hydrogen) atoms. The smallest absolute Gasteiger partial charge is 0.333 e. The summed E-state index contributed by atoms with van der Waals surface area (Å²) in [5.41, 5.74) is 0.637. The van der Waals surface area contributed by atoms with Gasteiger partial charge >= 0.3 is 5.69 Å². The molecule has 0 unspecified atom stereocenters. The Bertz CT molecular complexity index is 1370. The molecule has 0 radical (unpaired) electrons. The Morgan fingerprint density at radius 3 is 2.50 bits per heavy atom. The van der Waals surface area contributed by atoms with Gasteiger partial charge in [-0.25, -0.2) is 4.79 Å². The van der Waals surface area contributed by atoms with E-state index >= 15 is 0 Å². The van der Waals surface area contributed by atoms with Crippen molar-refractivity contribution in [3.05, 3.63) is 81.0 Å². The van der Waals surface area contributed by atoms with Gasteiger partial charge in [0.1, 0.15) is 5.56 Å². The monoisotopic (exact) mass is 403 g/mol. The molecule has 0 fully saturated rings. The highest BCUT2D eigenvalue weighted by atomic mass is 16.5. The molecule has 4 aromatic rings. The first-order valence-electron chi connectivity index (χ1n) is 8.98. The predicted molar refractivity (Wildman–Crippen MR) is 111 cm³/mol. The molecule has 0 atom stereocenters. The van der Waals surface area contributed by atoms with E-state index in [0.29, 0.717) is 23.0 Å². The Labute approximate surface area is 170 Å². The van der Waals surface area contributed by atoms with Gasteiger partial charge in [-0.1, -0.05) is 41.6 Å². The summed E-state index contributed by atoms with van der Waals surface area (Å²) in [5, 5.41) is 14.1. The number of hydrogen-bond donors (Lipinski definition) is 1. The third-order valence-electron chi connectivity index (χ3n) is 4.56. The van der Waals surface area contributed by atoms with Gasteiger partial charge < -0.3 is 9.63 Å². The van der Waals surface area contributed by atoms with Crippen molar-refractivity contribution < 1.29 is 9.63 Å². The molecule has 150 valence electrons. The van der Waals surface area contributed by atoms with Crippen LogP contribution in [-0.2, 0) is 14.1 Å². The Morgan fingerprint density at radius 1 is 1.00 bits per heavy atom. The van der Waals surface area contributed by atoms with E-state index in [1.165, 1.54) is 20.3 Å². The van der Waals surface area contributed by atoms with Crippen LogP contribution in [0.25, 0.3) is 22.8 Å². The molecule has 0 saturated carbocycles. The van der Waals surface area contributed by atoms with E-state index in [1.54, 1.807) is 24.3 Å². The van der Waals surface area contributed by atoms with Crippen LogP contribution in [0.4, 0.5) is 5.69 Å². The Kier molecular flexibility index (Phi) is 4.85. The standard InChI is InChI=1S/C21H17N5O4/c1-25-19(27)16(20(28)26(2)21(25)29)12-22-15-10-6-9-14(11-15)18-23-17(24-30-18)13-7-4-3-5-8-13/h3-12,27H,1-2H3. The van der Waals surface area contributed by atoms with Crippen molar-refractivity contribution >= 4 is 11.9 Å². The molecule has 0 saturated heterocycles. The maximum Gasteiger partial charge on any atom is 0.333 e. The van der Waals surface area contributed by atoms with Crippen molar-refractivity contribution in [1.29, 1.82) is 0 Å². The lowest BCUT2D eigenvalue weighted by Gasteiger charge is -2.07. The lowest BCUT2D eigenvalue weighted by molar-refractivity contribution is 0.410. The lowest BCUT2D eigenvalue weighted by atomic mass is 10.2. The molecule has 0 bridgehead atoms. The fraction of sp³-hybridized carbons (Fsp3) is 0.0952. The van der Waals surface area contributed by atoms with Crippen molar-refractivity contribution in [2.45, 2.75) is 0 Å². The number of hydrogen-bond acceptors (Lipinski definition) is 7. The van der Waals surface area contributed by atoms with Crippen molar-refractivity contribution in [2.24, 2.45) is 19.1 Å². The van der Waals surface area contributed by atoms with E-state index in [2.05, 4.69) is 15.1 Å².